The smallest absolute Gasteiger partial charge is 0.255 e. The second kappa shape index (κ2) is 6.45. The molecule has 0 saturated carbocycles. The van der Waals surface area contributed by atoms with Gasteiger partial charge in [-0.3, -0.25) is 9.10 Å². The average Bonchev–Trinajstić information content (AvgIpc) is 2.53. The lowest BCUT2D eigenvalue weighted by molar-refractivity contribution is 0.102. The van der Waals surface area contributed by atoms with Crippen LogP contribution in [0.3, 0.4) is 0 Å². The number of hydrogen-bond acceptors (Lipinski definition) is 3. The van der Waals surface area contributed by atoms with Crippen molar-refractivity contribution in [1.29, 1.82) is 0 Å². The van der Waals surface area contributed by atoms with Gasteiger partial charge in [0.25, 0.3) is 5.91 Å². The van der Waals surface area contributed by atoms with E-state index in [0.29, 0.717) is 28.5 Å². The molecule has 2 aromatic carbocycles. The number of halogens is 1. The first kappa shape index (κ1) is 16.8. The van der Waals surface area contributed by atoms with E-state index in [0.717, 1.165) is 18.4 Å². The summed E-state index contributed by atoms with van der Waals surface area (Å²) in [5.41, 5.74) is 2.63. The number of hydrogen-bond donors (Lipinski definition) is 1. The van der Waals surface area contributed by atoms with E-state index in [1.807, 2.05) is 0 Å². The first-order valence-electron chi connectivity index (χ1n) is 7.52. The lowest BCUT2D eigenvalue weighted by Crippen LogP contribution is -2.34. The Morgan fingerprint density at radius 2 is 2.00 bits per heavy atom. The fraction of sp³-hybridized carbons (Fsp3) is 0.235. The molecule has 1 amide bonds. The minimum absolute atomic E-state index is 0.253. The average molecular weight is 365 g/mol. The highest BCUT2D eigenvalue weighted by Crippen LogP contribution is 2.30. The standard InChI is InChI=1S/C17H17ClN2O3S/c1-24(22,23)20-9-3-4-12-10-13(7-8-16(12)20)17(21)19-15-6-2-5-14(18)11-15/h2,5-8,10-11H,3-4,9H2,1H3,(H,19,21). The fourth-order valence-corrected chi connectivity index (χ4v) is 4.00. The molecule has 24 heavy (non-hydrogen) atoms. The van der Waals surface area contributed by atoms with Gasteiger partial charge in [0.2, 0.25) is 10.0 Å². The second-order valence-corrected chi connectivity index (χ2v) is 8.09. The number of sulfonamides is 1. The predicted molar refractivity (Wildman–Crippen MR) is 96.4 cm³/mol. The largest absolute Gasteiger partial charge is 0.322 e. The molecule has 0 fully saturated rings. The van der Waals surface area contributed by atoms with Gasteiger partial charge in [-0.1, -0.05) is 17.7 Å². The maximum absolute atomic E-state index is 12.4. The summed E-state index contributed by atoms with van der Waals surface area (Å²) >= 11 is 5.91. The molecule has 0 aromatic heterocycles. The van der Waals surface area contributed by atoms with Gasteiger partial charge >= 0.3 is 0 Å². The lowest BCUT2D eigenvalue weighted by atomic mass is 10.0. The van der Waals surface area contributed by atoms with Crippen LogP contribution in [-0.4, -0.2) is 27.1 Å². The Kier molecular flexibility index (Phi) is 4.51. The minimum atomic E-state index is -3.31. The zero-order chi connectivity index (χ0) is 17.3. The fourth-order valence-electron chi connectivity index (χ4n) is 2.82. The summed E-state index contributed by atoms with van der Waals surface area (Å²) in [6, 6.07) is 12.0. The third-order valence-corrected chi connectivity index (χ3v) is 5.32. The van der Waals surface area contributed by atoms with E-state index >= 15 is 0 Å². The molecule has 1 N–H and O–H groups in total. The topological polar surface area (TPSA) is 66.5 Å². The van der Waals surface area contributed by atoms with Gasteiger partial charge in [-0.05, 0) is 54.8 Å². The van der Waals surface area contributed by atoms with Crippen LogP contribution < -0.4 is 9.62 Å². The van der Waals surface area contributed by atoms with E-state index in [1.54, 1.807) is 42.5 Å². The Balaban J connectivity index is 1.87. The van der Waals surface area contributed by atoms with Crippen molar-refractivity contribution in [2.24, 2.45) is 0 Å². The summed E-state index contributed by atoms with van der Waals surface area (Å²) in [4.78, 5) is 12.4. The highest BCUT2D eigenvalue weighted by molar-refractivity contribution is 7.92. The molecular weight excluding hydrogens is 348 g/mol. The van der Waals surface area contributed by atoms with Gasteiger partial charge in [-0.2, -0.15) is 0 Å². The van der Waals surface area contributed by atoms with Crippen molar-refractivity contribution in [1.82, 2.24) is 0 Å². The van der Waals surface area contributed by atoms with Gasteiger partial charge in [-0.25, -0.2) is 8.42 Å². The third kappa shape index (κ3) is 3.55. The van der Waals surface area contributed by atoms with Gasteiger partial charge in [0.1, 0.15) is 0 Å². The molecule has 0 aliphatic carbocycles. The number of aryl methyl sites for hydroxylation is 1. The van der Waals surface area contributed by atoms with E-state index in [9.17, 15) is 13.2 Å². The van der Waals surface area contributed by atoms with E-state index < -0.39 is 10.0 Å². The summed E-state index contributed by atoms with van der Waals surface area (Å²) in [7, 11) is -3.31. The maximum Gasteiger partial charge on any atom is 0.255 e. The van der Waals surface area contributed by atoms with Crippen LogP contribution >= 0.6 is 11.6 Å². The molecule has 0 spiro atoms. The first-order chi connectivity index (χ1) is 11.3. The molecule has 2 aromatic rings. The summed E-state index contributed by atoms with van der Waals surface area (Å²) in [6.07, 6.45) is 2.68. The monoisotopic (exact) mass is 364 g/mol. The number of carbonyl (C=O) groups excluding carboxylic acids is 1. The lowest BCUT2D eigenvalue weighted by Gasteiger charge is -2.29. The van der Waals surface area contributed by atoms with Crippen molar-refractivity contribution >= 4 is 38.9 Å². The summed E-state index contributed by atoms with van der Waals surface area (Å²) < 4.78 is 25.1. The van der Waals surface area contributed by atoms with Crippen molar-refractivity contribution in [3.05, 3.63) is 58.6 Å². The number of fused-ring (bicyclic) bond motifs is 1. The molecular formula is C17H17ClN2O3S. The Hall–Kier alpha value is -2.05. The Morgan fingerprint density at radius 1 is 1.21 bits per heavy atom. The summed E-state index contributed by atoms with van der Waals surface area (Å²) in [5, 5.41) is 3.34. The SMILES string of the molecule is CS(=O)(=O)N1CCCc2cc(C(=O)Nc3cccc(Cl)c3)ccc21. The maximum atomic E-state index is 12.4. The second-order valence-electron chi connectivity index (χ2n) is 5.75. The molecule has 126 valence electrons. The van der Waals surface area contributed by atoms with Crippen molar-refractivity contribution in [2.45, 2.75) is 12.8 Å². The molecule has 7 heteroatoms. The highest BCUT2D eigenvalue weighted by atomic mass is 35.5. The van der Waals surface area contributed by atoms with Crippen LogP contribution in [0.15, 0.2) is 42.5 Å². The molecule has 3 rings (SSSR count). The molecule has 0 radical (unpaired) electrons. The number of nitrogens with zero attached hydrogens (tertiary/aromatic N) is 1. The molecule has 1 heterocycles. The van der Waals surface area contributed by atoms with Crippen LogP contribution in [-0.2, 0) is 16.4 Å². The van der Waals surface area contributed by atoms with E-state index in [2.05, 4.69) is 5.32 Å². The van der Waals surface area contributed by atoms with E-state index in [1.165, 1.54) is 10.6 Å². The number of anilines is 2. The molecule has 0 bridgehead atoms. The van der Waals surface area contributed by atoms with Gasteiger partial charge in [0.05, 0.1) is 11.9 Å². The van der Waals surface area contributed by atoms with Crippen LogP contribution in [0.4, 0.5) is 11.4 Å². The zero-order valence-corrected chi connectivity index (χ0v) is 14.7. The Bertz CT molecular complexity index is 896. The number of benzene rings is 2. The van der Waals surface area contributed by atoms with Gasteiger partial charge < -0.3 is 5.32 Å². The van der Waals surface area contributed by atoms with Crippen molar-refractivity contribution in [2.75, 3.05) is 22.4 Å². The molecule has 0 atom stereocenters. The van der Waals surface area contributed by atoms with Crippen LogP contribution in [0.25, 0.3) is 0 Å². The summed E-state index contributed by atoms with van der Waals surface area (Å²) in [6.45, 7) is 0.472. The van der Waals surface area contributed by atoms with E-state index in [-0.39, 0.29) is 5.91 Å². The third-order valence-electron chi connectivity index (χ3n) is 3.90. The number of nitrogens with one attached hydrogen (secondary N) is 1. The number of rotatable bonds is 3. The Morgan fingerprint density at radius 3 is 2.71 bits per heavy atom. The Labute approximate surface area is 146 Å². The molecule has 0 saturated heterocycles. The van der Waals surface area contributed by atoms with E-state index in [4.69, 9.17) is 11.6 Å². The van der Waals surface area contributed by atoms with Crippen LogP contribution in [0.1, 0.15) is 22.3 Å². The summed E-state index contributed by atoms with van der Waals surface area (Å²) in [5.74, 6) is -0.253. The van der Waals surface area contributed by atoms with Crippen LogP contribution in [0.5, 0.6) is 0 Å². The normalized spacial score (nSPS) is 14.2. The first-order valence-corrected chi connectivity index (χ1v) is 9.75. The van der Waals surface area contributed by atoms with Gasteiger partial charge in [0.15, 0.2) is 0 Å². The van der Waals surface area contributed by atoms with Crippen molar-refractivity contribution in [3.63, 3.8) is 0 Å². The van der Waals surface area contributed by atoms with Crippen molar-refractivity contribution < 1.29 is 13.2 Å². The quantitative estimate of drug-likeness (QED) is 0.908. The van der Waals surface area contributed by atoms with Gasteiger partial charge in [-0.15, -0.1) is 0 Å². The molecule has 1 aliphatic heterocycles. The molecule has 5 nitrogen and oxygen atoms in total. The molecule has 0 unspecified atom stereocenters. The predicted octanol–water partition coefficient (Wildman–Crippen LogP) is 3.30. The molecule has 1 aliphatic rings. The van der Waals surface area contributed by atoms with Crippen LogP contribution in [0.2, 0.25) is 5.02 Å². The minimum Gasteiger partial charge on any atom is -0.322 e. The van der Waals surface area contributed by atoms with Gasteiger partial charge in [0, 0.05) is 22.8 Å². The van der Waals surface area contributed by atoms with Crippen molar-refractivity contribution in [3.8, 4) is 0 Å². The number of amides is 1. The highest BCUT2D eigenvalue weighted by Gasteiger charge is 2.24. The van der Waals surface area contributed by atoms with Crippen LogP contribution in [0, 0.1) is 0 Å². The number of carbonyl (C=O) groups is 1. The zero-order valence-electron chi connectivity index (χ0n) is 13.1.